The summed E-state index contributed by atoms with van der Waals surface area (Å²) in [5.74, 6) is 0. The van der Waals surface area contributed by atoms with Gasteiger partial charge in [0, 0.05) is 30.4 Å². The highest BCUT2D eigenvalue weighted by Gasteiger charge is 2.20. The smallest absolute Gasteiger partial charge is 0.0681 e. The highest BCUT2D eigenvalue weighted by molar-refractivity contribution is 5.30. The molecule has 4 heteroatoms. The number of aliphatic hydroxyl groups is 1. The van der Waals surface area contributed by atoms with Crippen molar-refractivity contribution in [3.63, 3.8) is 0 Å². The fourth-order valence-corrected chi connectivity index (χ4v) is 3.06. The van der Waals surface area contributed by atoms with Gasteiger partial charge in [0.25, 0.3) is 0 Å². The molecule has 0 saturated heterocycles. The van der Waals surface area contributed by atoms with Crippen molar-refractivity contribution in [3.8, 4) is 0 Å². The summed E-state index contributed by atoms with van der Waals surface area (Å²) in [6.45, 7) is 8.64. The van der Waals surface area contributed by atoms with E-state index in [4.69, 9.17) is 0 Å². The quantitative estimate of drug-likeness (QED) is 0.860. The van der Waals surface area contributed by atoms with Crippen LogP contribution in [-0.4, -0.2) is 14.9 Å². The molecule has 1 aromatic heterocycles. The molecule has 2 N–H and O–H groups in total. The van der Waals surface area contributed by atoms with E-state index in [1.165, 1.54) is 16.8 Å². The van der Waals surface area contributed by atoms with E-state index in [9.17, 15) is 5.11 Å². The Morgan fingerprint density at radius 3 is 2.59 bits per heavy atom. The van der Waals surface area contributed by atoms with Crippen LogP contribution in [0.25, 0.3) is 0 Å². The van der Waals surface area contributed by atoms with Crippen LogP contribution in [-0.2, 0) is 13.7 Å². The third kappa shape index (κ3) is 3.39. The first-order valence-corrected chi connectivity index (χ1v) is 7.93. The normalized spacial score (nSPS) is 14.1. The summed E-state index contributed by atoms with van der Waals surface area (Å²) < 4.78 is 1.95. The standard InChI is InChI=1S/C18H27N3O/c1-6-17(18-13(3)20-21(5)14(18)4)19-12(2)16-9-7-8-15(10-16)11-22/h7-10,12,17,19,22H,6,11H2,1-5H3. The van der Waals surface area contributed by atoms with E-state index >= 15 is 0 Å². The highest BCUT2D eigenvalue weighted by Crippen LogP contribution is 2.27. The first-order chi connectivity index (χ1) is 10.5. The molecule has 0 fully saturated rings. The Hall–Kier alpha value is -1.65. The SMILES string of the molecule is CCC(NC(C)c1cccc(CO)c1)c1c(C)nn(C)c1C. The lowest BCUT2D eigenvalue weighted by Crippen LogP contribution is -2.25. The zero-order valence-corrected chi connectivity index (χ0v) is 14.2. The van der Waals surface area contributed by atoms with Crippen molar-refractivity contribution in [2.45, 2.75) is 52.8 Å². The zero-order chi connectivity index (χ0) is 16.3. The Morgan fingerprint density at radius 2 is 2.05 bits per heavy atom. The summed E-state index contributed by atoms with van der Waals surface area (Å²) in [5, 5.41) is 17.5. The number of hydrogen-bond donors (Lipinski definition) is 2. The molecule has 0 spiro atoms. The molecule has 1 aromatic carbocycles. The van der Waals surface area contributed by atoms with Crippen LogP contribution < -0.4 is 5.32 Å². The predicted molar refractivity (Wildman–Crippen MR) is 89.6 cm³/mol. The van der Waals surface area contributed by atoms with Crippen molar-refractivity contribution in [2.75, 3.05) is 0 Å². The van der Waals surface area contributed by atoms with E-state index < -0.39 is 0 Å². The molecular weight excluding hydrogens is 274 g/mol. The Morgan fingerprint density at radius 1 is 1.32 bits per heavy atom. The number of nitrogens with zero attached hydrogens (tertiary/aromatic N) is 2. The summed E-state index contributed by atoms with van der Waals surface area (Å²) in [6, 6.07) is 8.61. The number of aromatic nitrogens is 2. The van der Waals surface area contributed by atoms with Crippen LogP contribution in [0.4, 0.5) is 0 Å². The highest BCUT2D eigenvalue weighted by atomic mass is 16.3. The maximum Gasteiger partial charge on any atom is 0.0681 e. The molecule has 0 amide bonds. The number of aryl methyl sites for hydroxylation is 2. The van der Waals surface area contributed by atoms with Gasteiger partial charge in [0.15, 0.2) is 0 Å². The van der Waals surface area contributed by atoms with Gasteiger partial charge < -0.3 is 10.4 Å². The average molecular weight is 301 g/mol. The van der Waals surface area contributed by atoms with Crippen molar-refractivity contribution in [2.24, 2.45) is 7.05 Å². The molecule has 2 rings (SSSR count). The lowest BCUT2D eigenvalue weighted by molar-refractivity contribution is 0.281. The van der Waals surface area contributed by atoms with Crippen LogP contribution in [0.2, 0.25) is 0 Å². The van der Waals surface area contributed by atoms with E-state index in [1.807, 2.05) is 23.9 Å². The molecule has 2 aromatic rings. The summed E-state index contributed by atoms with van der Waals surface area (Å²) >= 11 is 0. The maximum absolute atomic E-state index is 9.29. The largest absolute Gasteiger partial charge is 0.392 e. The second-order valence-corrected chi connectivity index (χ2v) is 5.96. The molecule has 1 heterocycles. The minimum absolute atomic E-state index is 0.0819. The van der Waals surface area contributed by atoms with E-state index in [0.29, 0.717) is 0 Å². The zero-order valence-electron chi connectivity index (χ0n) is 14.2. The van der Waals surface area contributed by atoms with Gasteiger partial charge in [0.05, 0.1) is 12.3 Å². The Bertz CT molecular complexity index is 633. The Balaban J connectivity index is 2.22. The molecule has 0 radical (unpaired) electrons. The average Bonchev–Trinajstić information content (AvgIpc) is 2.78. The van der Waals surface area contributed by atoms with Crippen LogP contribution in [0.1, 0.15) is 60.4 Å². The van der Waals surface area contributed by atoms with Gasteiger partial charge in [0.2, 0.25) is 0 Å². The Labute approximate surface area is 133 Å². The number of rotatable bonds is 6. The van der Waals surface area contributed by atoms with Gasteiger partial charge in [-0.2, -0.15) is 5.10 Å². The van der Waals surface area contributed by atoms with Crippen molar-refractivity contribution in [1.82, 2.24) is 15.1 Å². The molecule has 120 valence electrons. The molecule has 2 atom stereocenters. The van der Waals surface area contributed by atoms with Crippen molar-refractivity contribution in [1.29, 1.82) is 0 Å². The first kappa shape index (κ1) is 16.7. The number of hydrogen-bond acceptors (Lipinski definition) is 3. The van der Waals surface area contributed by atoms with Gasteiger partial charge in [-0.1, -0.05) is 31.2 Å². The molecule has 0 aliphatic carbocycles. The third-order valence-electron chi connectivity index (χ3n) is 4.41. The van der Waals surface area contributed by atoms with Gasteiger partial charge in [-0.15, -0.1) is 0 Å². The molecule has 0 aliphatic rings. The van der Waals surface area contributed by atoms with Gasteiger partial charge in [0.1, 0.15) is 0 Å². The minimum Gasteiger partial charge on any atom is -0.392 e. The van der Waals surface area contributed by atoms with Crippen LogP contribution >= 0.6 is 0 Å². The second-order valence-electron chi connectivity index (χ2n) is 5.96. The van der Waals surface area contributed by atoms with E-state index in [1.54, 1.807) is 0 Å². The summed E-state index contributed by atoms with van der Waals surface area (Å²) in [4.78, 5) is 0. The molecule has 2 unspecified atom stereocenters. The minimum atomic E-state index is 0.0819. The Kier molecular flexibility index (Phi) is 5.37. The van der Waals surface area contributed by atoms with Crippen LogP contribution in [0.3, 0.4) is 0 Å². The summed E-state index contributed by atoms with van der Waals surface area (Å²) in [5.41, 5.74) is 5.76. The molecule has 22 heavy (non-hydrogen) atoms. The van der Waals surface area contributed by atoms with Crippen LogP contribution in [0, 0.1) is 13.8 Å². The monoisotopic (exact) mass is 301 g/mol. The van der Waals surface area contributed by atoms with E-state index in [2.05, 4.69) is 50.2 Å². The lowest BCUT2D eigenvalue weighted by Gasteiger charge is -2.23. The topological polar surface area (TPSA) is 50.1 Å². The van der Waals surface area contributed by atoms with Gasteiger partial charge in [-0.3, -0.25) is 4.68 Å². The summed E-state index contributed by atoms with van der Waals surface area (Å²) in [7, 11) is 1.99. The predicted octanol–water partition coefficient (Wildman–Crippen LogP) is 3.33. The second kappa shape index (κ2) is 7.07. The fraction of sp³-hybridized carbons (Fsp3) is 0.500. The van der Waals surface area contributed by atoms with Gasteiger partial charge in [-0.05, 0) is 38.3 Å². The fourth-order valence-electron chi connectivity index (χ4n) is 3.06. The molecule has 0 bridgehead atoms. The van der Waals surface area contributed by atoms with Crippen LogP contribution in [0.5, 0.6) is 0 Å². The number of benzene rings is 1. The molecular formula is C18H27N3O. The number of aliphatic hydroxyl groups excluding tert-OH is 1. The van der Waals surface area contributed by atoms with Crippen molar-refractivity contribution in [3.05, 3.63) is 52.3 Å². The van der Waals surface area contributed by atoms with Crippen molar-refractivity contribution < 1.29 is 5.11 Å². The van der Waals surface area contributed by atoms with E-state index in [-0.39, 0.29) is 18.7 Å². The lowest BCUT2D eigenvalue weighted by atomic mass is 9.99. The van der Waals surface area contributed by atoms with Gasteiger partial charge in [-0.25, -0.2) is 0 Å². The number of nitrogens with one attached hydrogen (secondary N) is 1. The maximum atomic E-state index is 9.29. The molecule has 4 nitrogen and oxygen atoms in total. The van der Waals surface area contributed by atoms with Crippen LogP contribution in [0.15, 0.2) is 24.3 Å². The summed E-state index contributed by atoms with van der Waals surface area (Å²) in [6.07, 6.45) is 1.01. The van der Waals surface area contributed by atoms with E-state index in [0.717, 1.165) is 17.7 Å². The first-order valence-electron chi connectivity index (χ1n) is 7.93. The molecule has 0 saturated carbocycles. The third-order valence-corrected chi connectivity index (χ3v) is 4.41. The van der Waals surface area contributed by atoms with Gasteiger partial charge >= 0.3 is 0 Å². The molecule has 0 aliphatic heterocycles. The van der Waals surface area contributed by atoms with Crippen molar-refractivity contribution >= 4 is 0 Å².